The quantitative estimate of drug-likeness (QED) is 0.331. The smallest absolute Gasteiger partial charge is 0.390 e. The van der Waals surface area contributed by atoms with Gasteiger partial charge in [-0.2, -0.15) is 0 Å². The molecule has 0 atom stereocenters. The molecule has 0 spiro atoms. The second kappa shape index (κ2) is 2.78. The molecule has 0 aromatic carbocycles. The first kappa shape index (κ1) is 9.09. The van der Waals surface area contributed by atoms with E-state index in [4.69, 9.17) is 0 Å². The Kier molecular flexibility index (Phi) is 2.53. The fourth-order valence-corrected chi connectivity index (χ4v) is 0.621. The van der Waals surface area contributed by atoms with Crippen molar-refractivity contribution in [3.05, 3.63) is 0 Å². The van der Waals surface area contributed by atoms with Gasteiger partial charge in [0.1, 0.15) is 0 Å². The van der Waals surface area contributed by atoms with Gasteiger partial charge < -0.3 is 4.74 Å². The molecule has 0 N–H and O–H groups in total. The molecule has 10 heavy (non-hydrogen) atoms. The lowest BCUT2D eigenvalue weighted by Crippen LogP contribution is -2.23. The second-order valence-corrected chi connectivity index (χ2v) is 3.47. The van der Waals surface area contributed by atoms with Crippen LogP contribution in [0.4, 0.5) is 0 Å². The highest BCUT2D eigenvalue weighted by molar-refractivity contribution is 8.07. The summed E-state index contributed by atoms with van der Waals surface area (Å²) in [5, 5.41) is -1.52. The first-order valence-corrected chi connectivity index (χ1v) is 4.11. The molecule has 0 saturated carbocycles. The minimum atomic E-state index is -3.93. The van der Waals surface area contributed by atoms with E-state index in [2.05, 4.69) is 4.74 Å². The van der Waals surface area contributed by atoms with Gasteiger partial charge in [0.05, 0.1) is 7.11 Å². The molecular weight excluding hydrogens is 160 g/mol. The summed E-state index contributed by atoms with van der Waals surface area (Å²) in [4.78, 5) is 20.5. The topological polar surface area (TPSA) is 77.5 Å². The Hall–Kier alpha value is -0.910. The average Bonchev–Trinajstić information content (AvgIpc) is 1.83. The Morgan fingerprint density at radius 1 is 1.30 bits per heavy atom. The number of hydrogen-bond donors (Lipinski definition) is 0. The molecule has 0 amide bonds. The van der Waals surface area contributed by atoms with Crippen molar-refractivity contribution in [1.29, 1.82) is 0 Å². The van der Waals surface area contributed by atoms with E-state index in [1.807, 2.05) is 0 Å². The van der Waals surface area contributed by atoms with E-state index in [-0.39, 0.29) is 0 Å². The third kappa shape index (κ3) is 2.14. The molecule has 0 saturated heterocycles. The monoisotopic (exact) mass is 166 g/mol. The van der Waals surface area contributed by atoms with Crippen LogP contribution < -0.4 is 0 Å². The molecule has 5 nitrogen and oxygen atoms in total. The lowest BCUT2D eigenvalue weighted by molar-refractivity contribution is -0.147. The van der Waals surface area contributed by atoms with Crippen molar-refractivity contribution in [3.8, 4) is 0 Å². The summed E-state index contributed by atoms with van der Waals surface area (Å²) >= 11 is 0. The summed E-state index contributed by atoms with van der Waals surface area (Å²) in [6, 6.07) is 0. The van der Waals surface area contributed by atoms with Crippen LogP contribution in [0, 0.1) is 0 Å². The van der Waals surface area contributed by atoms with Crippen molar-refractivity contribution in [2.75, 3.05) is 13.4 Å². The number of sulfone groups is 1. The molecule has 6 heteroatoms. The zero-order valence-electron chi connectivity index (χ0n) is 5.45. The first-order valence-electron chi connectivity index (χ1n) is 2.22. The van der Waals surface area contributed by atoms with Crippen LogP contribution in [0.1, 0.15) is 0 Å². The standard InChI is InChI=1S/C4H6O5S/c1-9-3(5)4(6)10(2,7)8/h1-2H3. The van der Waals surface area contributed by atoms with E-state index in [1.54, 1.807) is 0 Å². The van der Waals surface area contributed by atoms with Crippen molar-refractivity contribution in [2.24, 2.45) is 0 Å². The van der Waals surface area contributed by atoms with Crippen molar-refractivity contribution in [2.45, 2.75) is 0 Å². The van der Waals surface area contributed by atoms with Crippen molar-refractivity contribution in [1.82, 2.24) is 0 Å². The molecule has 0 aliphatic heterocycles. The Morgan fingerprint density at radius 3 is 1.80 bits per heavy atom. The summed E-state index contributed by atoms with van der Waals surface area (Å²) in [5.41, 5.74) is 0. The van der Waals surface area contributed by atoms with E-state index < -0.39 is 20.9 Å². The maximum Gasteiger partial charge on any atom is 0.390 e. The van der Waals surface area contributed by atoms with E-state index in [0.29, 0.717) is 6.26 Å². The van der Waals surface area contributed by atoms with Gasteiger partial charge in [-0.1, -0.05) is 0 Å². The van der Waals surface area contributed by atoms with Gasteiger partial charge in [0.15, 0.2) is 0 Å². The average molecular weight is 166 g/mol. The Labute approximate surface area is 57.9 Å². The van der Waals surface area contributed by atoms with Crippen molar-refractivity contribution >= 4 is 20.9 Å². The summed E-state index contributed by atoms with van der Waals surface area (Å²) in [5.74, 6) is -1.36. The lowest BCUT2D eigenvalue weighted by Gasteiger charge is -1.92. The minimum absolute atomic E-state index is 0.645. The van der Waals surface area contributed by atoms with Crippen molar-refractivity contribution < 1.29 is 22.7 Å². The number of hydrogen-bond acceptors (Lipinski definition) is 5. The number of methoxy groups -OCH3 is 1. The maximum atomic E-state index is 10.3. The minimum Gasteiger partial charge on any atom is -0.462 e. The molecule has 0 radical (unpaired) electrons. The van der Waals surface area contributed by atoms with Crippen LogP contribution in [0.3, 0.4) is 0 Å². The number of ether oxygens (including phenoxy) is 1. The largest absolute Gasteiger partial charge is 0.462 e. The van der Waals surface area contributed by atoms with Crippen LogP contribution in [0.15, 0.2) is 0 Å². The maximum absolute atomic E-state index is 10.3. The number of esters is 1. The fraction of sp³-hybridized carbons (Fsp3) is 0.500. The molecule has 0 heterocycles. The highest BCUT2D eigenvalue weighted by Crippen LogP contribution is 1.87. The Morgan fingerprint density at radius 2 is 1.70 bits per heavy atom. The highest BCUT2D eigenvalue weighted by atomic mass is 32.2. The SMILES string of the molecule is COC(=O)C(=O)S(C)(=O)=O. The third-order valence-corrected chi connectivity index (χ3v) is 1.53. The van der Waals surface area contributed by atoms with Gasteiger partial charge in [-0.25, -0.2) is 13.2 Å². The third-order valence-electron chi connectivity index (χ3n) is 0.689. The fourth-order valence-electron chi connectivity index (χ4n) is 0.235. The van der Waals surface area contributed by atoms with Crippen LogP contribution in [0.5, 0.6) is 0 Å². The summed E-state index contributed by atoms with van der Waals surface area (Å²) in [6.45, 7) is 0. The predicted molar refractivity (Wildman–Crippen MR) is 31.9 cm³/mol. The van der Waals surface area contributed by atoms with Gasteiger partial charge in [0.25, 0.3) is 0 Å². The summed E-state index contributed by atoms with van der Waals surface area (Å²) in [7, 11) is -2.99. The molecule has 0 bridgehead atoms. The number of carbonyl (C=O) groups excluding carboxylic acids is 2. The molecule has 0 aromatic heterocycles. The molecule has 58 valence electrons. The Balaban J connectivity index is 4.57. The van der Waals surface area contributed by atoms with Gasteiger partial charge in [-0.05, 0) is 0 Å². The highest BCUT2D eigenvalue weighted by Gasteiger charge is 2.25. The zero-order valence-corrected chi connectivity index (χ0v) is 6.27. The summed E-state index contributed by atoms with van der Waals surface area (Å²) < 4.78 is 24.4. The van der Waals surface area contributed by atoms with Crippen LogP contribution in [-0.4, -0.2) is 32.9 Å². The van der Waals surface area contributed by atoms with Gasteiger partial charge >= 0.3 is 11.1 Å². The van der Waals surface area contributed by atoms with Gasteiger partial charge in [-0.3, -0.25) is 4.79 Å². The van der Waals surface area contributed by atoms with Crippen LogP contribution in [-0.2, 0) is 24.2 Å². The van der Waals surface area contributed by atoms with Crippen LogP contribution >= 0.6 is 0 Å². The van der Waals surface area contributed by atoms with Crippen LogP contribution in [0.2, 0.25) is 0 Å². The second-order valence-electron chi connectivity index (χ2n) is 1.55. The molecule has 0 fully saturated rings. The normalized spacial score (nSPS) is 10.6. The van der Waals surface area contributed by atoms with E-state index in [0.717, 1.165) is 7.11 Å². The number of rotatable bonds is 0. The lowest BCUT2D eigenvalue weighted by atomic mass is 10.8. The van der Waals surface area contributed by atoms with E-state index >= 15 is 0 Å². The van der Waals surface area contributed by atoms with E-state index in [9.17, 15) is 18.0 Å². The van der Waals surface area contributed by atoms with Gasteiger partial charge in [-0.15, -0.1) is 0 Å². The van der Waals surface area contributed by atoms with Gasteiger partial charge in [0.2, 0.25) is 9.84 Å². The molecular formula is C4H6O5S. The molecule has 0 rings (SSSR count). The number of carbonyl (C=O) groups is 2. The van der Waals surface area contributed by atoms with Crippen LogP contribution in [0.25, 0.3) is 0 Å². The molecule has 0 aromatic rings. The predicted octanol–water partition coefficient (Wildman–Crippen LogP) is -1.27. The molecule has 0 aliphatic rings. The first-order chi connectivity index (χ1) is 4.39. The summed E-state index contributed by atoms with van der Waals surface area (Å²) in [6.07, 6.45) is 0.645. The molecule has 0 unspecified atom stereocenters. The molecule has 0 aliphatic carbocycles. The van der Waals surface area contributed by atoms with Gasteiger partial charge in [0, 0.05) is 6.26 Å². The zero-order chi connectivity index (χ0) is 8.36. The Bertz CT molecular complexity index is 249. The van der Waals surface area contributed by atoms with Crippen molar-refractivity contribution in [3.63, 3.8) is 0 Å². The van der Waals surface area contributed by atoms with E-state index in [1.165, 1.54) is 0 Å².